The van der Waals surface area contributed by atoms with Crippen molar-refractivity contribution >= 4 is 39.1 Å². The van der Waals surface area contributed by atoms with Crippen molar-refractivity contribution < 1.29 is 18.0 Å². The standard InChI is InChI=1S/C26H13F3N4OS/c1-33-21-11-17(35-25(21)32-24(33)14-6-8-16(9-7-14)26(27,28)29)10-20-22(15(12-30)13-31)18-4-2-3-5-19(18)23(20)34/h2-11H,1H3/b20-10-. The normalized spacial score (nSPS) is 14.3. The molecular weight excluding hydrogens is 473 g/mol. The molecule has 5 nitrogen and oxygen atoms in total. The van der Waals surface area contributed by atoms with Crippen molar-refractivity contribution in [2.75, 3.05) is 0 Å². The highest BCUT2D eigenvalue weighted by atomic mass is 32.1. The van der Waals surface area contributed by atoms with Crippen LogP contribution in [0.25, 0.3) is 33.4 Å². The largest absolute Gasteiger partial charge is 0.416 e. The van der Waals surface area contributed by atoms with Gasteiger partial charge in [-0.2, -0.15) is 23.7 Å². The van der Waals surface area contributed by atoms with E-state index in [1.165, 1.54) is 23.5 Å². The van der Waals surface area contributed by atoms with Crippen LogP contribution in [-0.2, 0) is 13.2 Å². The molecule has 0 spiro atoms. The molecule has 0 amide bonds. The Kier molecular flexibility index (Phi) is 5.16. The number of rotatable bonds is 2. The number of carbonyl (C=O) groups is 1. The predicted molar refractivity (Wildman–Crippen MR) is 126 cm³/mol. The first-order valence-corrected chi connectivity index (χ1v) is 11.1. The van der Waals surface area contributed by atoms with Gasteiger partial charge in [-0.25, -0.2) is 4.98 Å². The van der Waals surface area contributed by atoms with Gasteiger partial charge in [0.05, 0.1) is 11.1 Å². The lowest BCUT2D eigenvalue weighted by atomic mass is 9.99. The van der Waals surface area contributed by atoms with Gasteiger partial charge in [-0.3, -0.25) is 4.79 Å². The number of carbonyl (C=O) groups excluding carboxylic acids is 1. The fourth-order valence-corrected chi connectivity index (χ4v) is 5.13. The fraction of sp³-hybridized carbons (Fsp3) is 0.0769. The number of hydrogen-bond donors (Lipinski definition) is 0. The lowest BCUT2D eigenvalue weighted by molar-refractivity contribution is -0.137. The van der Waals surface area contributed by atoms with E-state index in [-0.39, 0.29) is 16.9 Å². The van der Waals surface area contributed by atoms with Crippen LogP contribution in [0.15, 0.2) is 65.7 Å². The van der Waals surface area contributed by atoms with Gasteiger partial charge < -0.3 is 4.57 Å². The van der Waals surface area contributed by atoms with E-state index in [1.54, 1.807) is 42.0 Å². The van der Waals surface area contributed by atoms with Gasteiger partial charge in [0.2, 0.25) is 0 Å². The SMILES string of the molecule is Cn1c(-c2ccc(C(F)(F)F)cc2)nc2sc(/C=C3\C(=O)c4ccccc4C3=C(C#N)C#N)cc21. The van der Waals surface area contributed by atoms with Crippen LogP contribution < -0.4 is 0 Å². The van der Waals surface area contributed by atoms with Crippen LogP contribution in [0.3, 0.4) is 0 Å². The fourth-order valence-electron chi connectivity index (χ4n) is 4.12. The van der Waals surface area contributed by atoms with E-state index in [1.807, 2.05) is 18.2 Å². The summed E-state index contributed by atoms with van der Waals surface area (Å²) in [5.74, 6) is 0.245. The molecule has 9 heteroatoms. The molecule has 0 unspecified atom stereocenters. The van der Waals surface area contributed by atoms with E-state index in [0.29, 0.717) is 37.8 Å². The van der Waals surface area contributed by atoms with E-state index in [4.69, 9.17) is 0 Å². The molecule has 0 aliphatic heterocycles. The molecule has 0 N–H and O–H groups in total. The predicted octanol–water partition coefficient (Wildman–Crippen LogP) is 6.40. The van der Waals surface area contributed by atoms with Gasteiger partial charge in [-0.15, -0.1) is 11.3 Å². The number of imidazole rings is 1. The zero-order valence-corrected chi connectivity index (χ0v) is 18.8. The summed E-state index contributed by atoms with van der Waals surface area (Å²) in [7, 11) is 1.76. The van der Waals surface area contributed by atoms with Crippen LogP contribution >= 0.6 is 11.3 Å². The average Bonchev–Trinajstić information content (AvgIpc) is 3.47. The second kappa shape index (κ2) is 8.08. The number of thiophene rings is 1. The van der Waals surface area contributed by atoms with Crippen molar-refractivity contribution in [3.63, 3.8) is 0 Å². The Hall–Kier alpha value is -4.47. The van der Waals surface area contributed by atoms with Gasteiger partial charge in [0.1, 0.15) is 28.4 Å². The highest BCUT2D eigenvalue weighted by molar-refractivity contribution is 7.19. The molecule has 4 aromatic rings. The van der Waals surface area contributed by atoms with Crippen molar-refractivity contribution in [2.45, 2.75) is 6.18 Å². The van der Waals surface area contributed by atoms with Gasteiger partial charge in [0.15, 0.2) is 5.78 Å². The van der Waals surface area contributed by atoms with Gasteiger partial charge in [-0.1, -0.05) is 36.4 Å². The second-order valence-corrected chi connectivity index (χ2v) is 8.88. The summed E-state index contributed by atoms with van der Waals surface area (Å²) in [6, 6.07) is 17.2. The number of aryl methyl sites for hydroxylation is 1. The van der Waals surface area contributed by atoms with Gasteiger partial charge >= 0.3 is 6.18 Å². The molecule has 0 bridgehead atoms. The van der Waals surface area contributed by atoms with Crippen molar-refractivity contribution in [2.24, 2.45) is 7.05 Å². The Morgan fingerprint density at radius 3 is 2.31 bits per heavy atom. The monoisotopic (exact) mass is 486 g/mol. The minimum atomic E-state index is -4.41. The molecule has 0 fully saturated rings. The number of nitriles is 2. The van der Waals surface area contributed by atoms with Crippen molar-refractivity contribution in [3.05, 3.63) is 87.3 Å². The Bertz CT molecular complexity index is 1660. The molecule has 35 heavy (non-hydrogen) atoms. The van der Waals surface area contributed by atoms with E-state index in [9.17, 15) is 28.5 Å². The summed E-state index contributed by atoms with van der Waals surface area (Å²) in [5.41, 5.74) is 1.97. The number of Topliss-reactive ketones (excluding diaryl/α,β-unsaturated/α-hetero) is 1. The summed E-state index contributed by atoms with van der Waals surface area (Å²) in [4.78, 5) is 19.0. The molecule has 0 atom stereocenters. The van der Waals surface area contributed by atoms with E-state index < -0.39 is 11.7 Å². The molecule has 170 valence electrons. The van der Waals surface area contributed by atoms with E-state index in [2.05, 4.69) is 4.98 Å². The zero-order chi connectivity index (χ0) is 24.9. The maximum atomic E-state index is 13.1. The Morgan fingerprint density at radius 2 is 1.71 bits per heavy atom. The number of alkyl halides is 3. The molecule has 2 aromatic heterocycles. The number of aromatic nitrogens is 2. The molecule has 0 radical (unpaired) electrons. The van der Waals surface area contributed by atoms with Crippen LogP contribution in [-0.4, -0.2) is 15.3 Å². The third kappa shape index (κ3) is 3.63. The van der Waals surface area contributed by atoms with E-state index in [0.717, 1.165) is 17.6 Å². The summed E-state index contributed by atoms with van der Waals surface area (Å²) in [6.07, 6.45) is -2.76. The smallest absolute Gasteiger partial charge is 0.326 e. The van der Waals surface area contributed by atoms with Crippen molar-refractivity contribution in [3.8, 4) is 23.5 Å². The number of hydrogen-bond acceptors (Lipinski definition) is 5. The first-order chi connectivity index (χ1) is 16.7. The molecule has 0 saturated heterocycles. The van der Waals surface area contributed by atoms with Gasteiger partial charge in [0, 0.05) is 34.2 Å². The number of halogens is 3. The van der Waals surface area contributed by atoms with Crippen LogP contribution in [0.2, 0.25) is 0 Å². The molecule has 1 aliphatic rings. The lowest BCUT2D eigenvalue weighted by Gasteiger charge is -2.07. The first kappa shape index (κ1) is 22.3. The lowest BCUT2D eigenvalue weighted by Crippen LogP contribution is -2.04. The second-order valence-electron chi connectivity index (χ2n) is 7.82. The Balaban J connectivity index is 1.58. The minimum absolute atomic E-state index is 0.140. The number of nitrogens with zero attached hydrogens (tertiary/aromatic N) is 4. The number of benzene rings is 2. The van der Waals surface area contributed by atoms with Crippen molar-refractivity contribution in [1.29, 1.82) is 10.5 Å². The third-order valence-electron chi connectivity index (χ3n) is 5.78. The highest BCUT2D eigenvalue weighted by Crippen LogP contribution is 2.41. The van der Waals surface area contributed by atoms with Crippen LogP contribution in [0.4, 0.5) is 13.2 Å². The average molecular weight is 486 g/mol. The van der Waals surface area contributed by atoms with Crippen molar-refractivity contribution in [1.82, 2.24) is 9.55 Å². The molecule has 0 saturated carbocycles. The summed E-state index contributed by atoms with van der Waals surface area (Å²) < 4.78 is 40.4. The van der Waals surface area contributed by atoms with Gasteiger partial charge in [0.25, 0.3) is 0 Å². The minimum Gasteiger partial charge on any atom is -0.326 e. The molecule has 2 heterocycles. The zero-order valence-electron chi connectivity index (χ0n) is 18.0. The molecule has 1 aliphatic carbocycles. The Labute approximate surface area is 201 Å². The topological polar surface area (TPSA) is 82.5 Å². The summed E-state index contributed by atoms with van der Waals surface area (Å²) >= 11 is 1.30. The van der Waals surface area contributed by atoms with Crippen LogP contribution in [0.1, 0.15) is 26.4 Å². The number of allylic oxidation sites excluding steroid dienone is 3. The summed E-state index contributed by atoms with van der Waals surface area (Å²) in [6.45, 7) is 0. The highest BCUT2D eigenvalue weighted by Gasteiger charge is 2.32. The third-order valence-corrected chi connectivity index (χ3v) is 6.75. The van der Waals surface area contributed by atoms with E-state index >= 15 is 0 Å². The number of fused-ring (bicyclic) bond motifs is 2. The first-order valence-electron chi connectivity index (χ1n) is 10.3. The Morgan fingerprint density at radius 1 is 1.06 bits per heavy atom. The van der Waals surface area contributed by atoms with Crippen LogP contribution in [0.5, 0.6) is 0 Å². The maximum absolute atomic E-state index is 13.1. The van der Waals surface area contributed by atoms with Gasteiger partial charge in [-0.05, 0) is 29.8 Å². The molecule has 2 aromatic carbocycles. The maximum Gasteiger partial charge on any atom is 0.416 e. The molecule has 5 rings (SSSR count). The molecular formula is C26H13F3N4OS. The van der Waals surface area contributed by atoms with Crippen LogP contribution in [0, 0.1) is 22.7 Å². The summed E-state index contributed by atoms with van der Waals surface area (Å²) in [5, 5.41) is 18.9. The number of ketones is 1. The quantitative estimate of drug-likeness (QED) is 0.242.